The maximum absolute atomic E-state index is 10.8. The molecule has 1 rings (SSSR count). The summed E-state index contributed by atoms with van der Waals surface area (Å²) in [4.78, 5) is 14.0. The van der Waals surface area contributed by atoms with Gasteiger partial charge in [0, 0.05) is 5.33 Å². The van der Waals surface area contributed by atoms with E-state index in [1.165, 1.54) is 6.20 Å². The molecular weight excluding hydrogens is 276 g/mol. The zero-order valence-corrected chi connectivity index (χ0v) is 10.4. The molecule has 1 aromatic heterocycles. The van der Waals surface area contributed by atoms with Crippen molar-refractivity contribution in [2.75, 3.05) is 6.61 Å². The minimum absolute atomic E-state index is 0.226. The minimum atomic E-state index is -0.536. The number of nitrogens with zero attached hydrogens (tertiary/aromatic N) is 2. The molecular formula is C10H11BrN2O3. The Labute approximate surface area is 101 Å². The van der Waals surface area contributed by atoms with Crippen molar-refractivity contribution in [1.82, 2.24) is 4.98 Å². The molecule has 0 fully saturated rings. The summed E-state index contributed by atoms with van der Waals surface area (Å²) < 4.78 is 5.20. The highest BCUT2D eigenvalue weighted by atomic mass is 79.9. The molecule has 0 N–H and O–H groups in total. The Kier molecular flexibility index (Phi) is 4.42. The van der Waals surface area contributed by atoms with Crippen molar-refractivity contribution >= 4 is 27.5 Å². The average Bonchev–Trinajstić information content (AvgIpc) is 2.28. The van der Waals surface area contributed by atoms with Gasteiger partial charge in [-0.15, -0.1) is 0 Å². The van der Waals surface area contributed by atoms with E-state index in [9.17, 15) is 10.1 Å². The zero-order valence-electron chi connectivity index (χ0n) is 8.77. The Hall–Kier alpha value is -1.43. The zero-order chi connectivity index (χ0) is 12.1. The van der Waals surface area contributed by atoms with Crippen LogP contribution >= 0.6 is 15.9 Å². The summed E-state index contributed by atoms with van der Waals surface area (Å²) in [6.07, 6.45) is 1.40. The maximum Gasteiger partial charge on any atom is 0.374 e. The van der Waals surface area contributed by atoms with Gasteiger partial charge in [0.2, 0.25) is 0 Å². The molecule has 0 aliphatic rings. The molecule has 0 saturated carbocycles. The third-order valence-electron chi connectivity index (χ3n) is 1.93. The van der Waals surface area contributed by atoms with Gasteiger partial charge >= 0.3 is 5.82 Å². The first-order valence-electron chi connectivity index (χ1n) is 4.62. The summed E-state index contributed by atoms with van der Waals surface area (Å²) in [7, 11) is 0. The molecule has 0 bridgehead atoms. The van der Waals surface area contributed by atoms with Gasteiger partial charge in [-0.3, -0.25) is 0 Å². The van der Waals surface area contributed by atoms with Crippen LogP contribution in [-0.4, -0.2) is 16.5 Å². The van der Waals surface area contributed by atoms with Crippen LogP contribution in [0.4, 0.5) is 5.82 Å². The van der Waals surface area contributed by atoms with E-state index >= 15 is 0 Å². The van der Waals surface area contributed by atoms with Crippen LogP contribution < -0.4 is 0 Å². The minimum Gasteiger partial charge on any atom is -0.494 e. The van der Waals surface area contributed by atoms with E-state index in [1.54, 1.807) is 13.0 Å². The Morgan fingerprint density at radius 1 is 1.75 bits per heavy atom. The molecule has 0 aromatic carbocycles. The molecule has 5 nitrogen and oxygen atoms in total. The first-order valence-corrected chi connectivity index (χ1v) is 5.74. The Bertz CT molecular complexity index is 421. The topological polar surface area (TPSA) is 65.3 Å². The summed E-state index contributed by atoms with van der Waals surface area (Å²) in [5.41, 5.74) is 1.09. The highest BCUT2D eigenvalue weighted by molar-refractivity contribution is 9.08. The fraction of sp³-hybridized carbons (Fsp3) is 0.300. The van der Waals surface area contributed by atoms with Crippen LogP contribution in [0.15, 0.2) is 18.8 Å². The van der Waals surface area contributed by atoms with Crippen molar-refractivity contribution in [3.05, 3.63) is 40.1 Å². The van der Waals surface area contributed by atoms with Crippen molar-refractivity contribution in [2.45, 2.75) is 12.3 Å². The quantitative estimate of drug-likeness (QED) is 0.361. The summed E-state index contributed by atoms with van der Waals surface area (Å²) in [5.74, 6) is 0.0483. The molecule has 0 spiro atoms. The second kappa shape index (κ2) is 5.60. The molecule has 1 aromatic rings. The Morgan fingerprint density at radius 2 is 2.44 bits per heavy atom. The van der Waals surface area contributed by atoms with Gasteiger partial charge in [-0.25, -0.2) is 0 Å². The van der Waals surface area contributed by atoms with E-state index in [2.05, 4.69) is 27.5 Å². The van der Waals surface area contributed by atoms with Crippen molar-refractivity contribution in [1.29, 1.82) is 0 Å². The van der Waals surface area contributed by atoms with Gasteiger partial charge in [-0.05, 0) is 28.5 Å². The fourth-order valence-electron chi connectivity index (χ4n) is 1.29. The van der Waals surface area contributed by atoms with Gasteiger partial charge in [-0.2, -0.15) is 0 Å². The largest absolute Gasteiger partial charge is 0.494 e. The van der Waals surface area contributed by atoms with Gasteiger partial charge in [0.25, 0.3) is 0 Å². The van der Waals surface area contributed by atoms with Crippen LogP contribution in [0.25, 0.3) is 5.76 Å². The van der Waals surface area contributed by atoms with Crippen molar-refractivity contribution in [2.24, 2.45) is 0 Å². The lowest BCUT2D eigenvalue weighted by molar-refractivity contribution is -0.389. The van der Waals surface area contributed by atoms with Crippen LogP contribution in [0.3, 0.4) is 0 Å². The van der Waals surface area contributed by atoms with E-state index in [0.29, 0.717) is 17.5 Å². The number of halogens is 1. The molecule has 0 saturated heterocycles. The molecule has 0 radical (unpaired) electrons. The van der Waals surface area contributed by atoms with E-state index < -0.39 is 4.92 Å². The van der Waals surface area contributed by atoms with Crippen LogP contribution in [-0.2, 0) is 10.1 Å². The molecule has 86 valence electrons. The fourth-order valence-corrected chi connectivity index (χ4v) is 1.76. The van der Waals surface area contributed by atoms with Crippen molar-refractivity contribution in [3.63, 3.8) is 0 Å². The van der Waals surface area contributed by atoms with Crippen LogP contribution in [0.1, 0.15) is 18.1 Å². The van der Waals surface area contributed by atoms with Crippen LogP contribution in [0, 0.1) is 10.1 Å². The van der Waals surface area contributed by atoms with E-state index in [4.69, 9.17) is 4.74 Å². The predicted molar refractivity (Wildman–Crippen MR) is 64.2 cm³/mol. The van der Waals surface area contributed by atoms with Crippen molar-refractivity contribution in [3.8, 4) is 0 Å². The number of hydrogen-bond acceptors (Lipinski definition) is 4. The molecule has 0 unspecified atom stereocenters. The van der Waals surface area contributed by atoms with E-state index in [0.717, 1.165) is 5.56 Å². The number of hydrogen-bond donors (Lipinski definition) is 0. The SMILES string of the molecule is C=C(OCC)c1c(CBr)ccnc1[N+](=O)[O-]. The van der Waals surface area contributed by atoms with Gasteiger partial charge in [0.05, 0.1) is 6.61 Å². The molecule has 0 amide bonds. The Morgan fingerprint density at radius 3 is 2.94 bits per heavy atom. The van der Waals surface area contributed by atoms with E-state index in [-0.39, 0.29) is 11.6 Å². The first-order chi connectivity index (χ1) is 7.61. The molecule has 0 aliphatic carbocycles. The maximum atomic E-state index is 10.8. The summed E-state index contributed by atoms with van der Waals surface area (Å²) >= 11 is 3.26. The molecule has 1 heterocycles. The number of alkyl halides is 1. The summed E-state index contributed by atoms with van der Waals surface area (Å²) in [5, 5.41) is 11.3. The number of aromatic nitrogens is 1. The third-order valence-corrected chi connectivity index (χ3v) is 2.54. The van der Waals surface area contributed by atoms with Gasteiger partial charge in [0.15, 0.2) is 0 Å². The second-order valence-electron chi connectivity index (χ2n) is 2.92. The predicted octanol–water partition coefficient (Wildman–Crippen LogP) is 2.89. The lowest BCUT2D eigenvalue weighted by atomic mass is 10.1. The molecule has 0 atom stereocenters. The lowest BCUT2D eigenvalue weighted by Gasteiger charge is -2.10. The number of pyridine rings is 1. The monoisotopic (exact) mass is 286 g/mol. The standard InChI is InChI=1S/C10H11BrN2O3/c1-3-16-7(2)9-8(6-11)4-5-12-10(9)13(14)15/h4-5H,2-3,6H2,1H3. The third kappa shape index (κ3) is 2.57. The van der Waals surface area contributed by atoms with Crippen LogP contribution in [0.2, 0.25) is 0 Å². The molecule has 16 heavy (non-hydrogen) atoms. The number of nitro groups is 1. The highest BCUT2D eigenvalue weighted by Crippen LogP contribution is 2.28. The van der Waals surface area contributed by atoms with Crippen LogP contribution in [0.5, 0.6) is 0 Å². The van der Waals surface area contributed by atoms with E-state index in [1.807, 2.05) is 0 Å². The first kappa shape index (κ1) is 12.6. The second-order valence-corrected chi connectivity index (χ2v) is 3.48. The molecule has 6 heteroatoms. The summed E-state index contributed by atoms with van der Waals surface area (Å²) in [6, 6.07) is 1.70. The molecule has 0 aliphatic heterocycles. The number of rotatable bonds is 5. The van der Waals surface area contributed by atoms with Gasteiger partial charge in [-0.1, -0.05) is 22.5 Å². The smallest absolute Gasteiger partial charge is 0.374 e. The Balaban J connectivity index is 3.30. The van der Waals surface area contributed by atoms with Gasteiger partial charge in [0.1, 0.15) is 17.5 Å². The highest BCUT2D eigenvalue weighted by Gasteiger charge is 2.21. The van der Waals surface area contributed by atoms with Gasteiger partial charge < -0.3 is 14.9 Å². The summed E-state index contributed by atoms with van der Waals surface area (Å²) in [6.45, 7) is 5.88. The normalized spacial score (nSPS) is 9.88. The average molecular weight is 287 g/mol. The lowest BCUT2D eigenvalue weighted by Crippen LogP contribution is -2.03. The number of ether oxygens (including phenoxy) is 1. The van der Waals surface area contributed by atoms with Crippen molar-refractivity contribution < 1.29 is 9.66 Å².